The Morgan fingerprint density at radius 2 is 2.36 bits per heavy atom. The molecular weight excluding hydrogens is 178 g/mol. The van der Waals surface area contributed by atoms with Crippen LogP contribution in [0.3, 0.4) is 0 Å². The Bertz CT molecular complexity index is 165. The van der Waals surface area contributed by atoms with E-state index in [2.05, 4.69) is 16.0 Å². The van der Waals surface area contributed by atoms with Crippen LogP contribution in [-0.2, 0) is 0 Å². The second-order valence-electron chi connectivity index (χ2n) is 3.80. The molecule has 4 heteroatoms. The summed E-state index contributed by atoms with van der Waals surface area (Å²) in [6.45, 7) is 4.79. The van der Waals surface area contributed by atoms with E-state index in [-0.39, 0.29) is 6.03 Å². The van der Waals surface area contributed by atoms with Gasteiger partial charge in [-0.3, -0.25) is 0 Å². The molecule has 0 saturated carbocycles. The van der Waals surface area contributed by atoms with Gasteiger partial charge in [0.2, 0.25) is 0 Å². The van der Waals surface area contributed by atoms with Gasteiger partial charge in [0.1, 0.15) is 0 Å². The highest BCUT2D eigenvalue weighted by atomic mass is 16.2. The summed E-state index contributed by atoms with van der Waals surface area (Å²) < 4.78 is 0. The van der Waals surface area contributed by atoms with Gasteiger partial charge in [-0.05, 0) is 25.8 Å². The maximum Gasteiger partial charge on any atom is 0.315 e. The molecule has 1 unspecified atom stereocenters. The number of rotatable bonds is 3. The maximum atomic E-state index is 11.3. The van der Waals surface area contributed by atoms with Crippen LogP contribution in [-0.4, -0.2) is 31.7 Å². The number of carbonyl (C=O) groups is 1. The Morgan fingerprint density at radius 1 is 1.50 bits per heavy atom. The van der Waals surface area contributed by atoms with Gasteiger partial charge in [-0.15, -0.1) is 0 Å². The minimum absolute atomic E-state index is 0.0273. The second kappa shape index (κ2) is 6.65. The van der Waals surface area contributed by atoms with Crippen LogP contribution in [0.1, 0.15) is 32.6 Å². The van der Waals surface area contributed by atoms with E-state index in [0.717, 1.165) is 32.5 Å². The van der Waals surface area contributed by atoms with Crippen LogP contribution in [0.5, 0.6) is 0 Å². The van der Waals surface area contributed by atoms with Crippen LogP contribution in [0.15, 0.2) is 0 Å². The number of hydrogen-bond acceptors (Lipinski definition) is 2. The Balaban J connectivity index is 2.17. The molecule has 3 N–H and O–H groups in total. The first-order valence-corrected chi connectivity index (χ1v) is 5.58. The molecule has 0 radical (unpaired) electrons. The number of amides is 2. The van der Waals surface area contributed by atoms with E-state index in [1.165, 1.54) is 12.8 Å². The molecular formula is C10H21N3O. The molecule has 0 aliphatic carbocycles. The molecule has 82 valence electrons. The molecule has 1 aliphatic rings. The highest BCUT2D eigenvalue weighted by molar-refractivity contribution is 5.74. The van der Waals surface area contributed by atoms with Gasteiger partial charge in [0.05, 0.1) is 0 Å². The molecule has 0 aromatic rings. The summed E-state index contributed by atoms with van der Waals surface area (Å²) in [5.41, 5.74) is 0. The zero-order chi connectivity index (χ0) is 10.2. The van der Waals surface area contributed by atoms with Gasteiger partial charge in [-0.25, -0.2) is 4.79 Å². The molecule has 4 nitrogen and oxygen atoms in total. The van der Waals surface area contributed by atoms with Crippen molar-refractivity contribution in [2.24, 2.45) is 0 Å². The summed E-state index contributed by atoms with van der Waals surface area (Å²) in [7, 11) is 0. The predicted molar refractivity (Wildman–Crippen MR) is 57.3 cm³/mol. The molecule has 0 aromatic heterocycles. The minimum Gasteiger partial charge on any atom is -0.338 e. The van der Waals surface area contributed by atoms with Crippen LogP contribution >= 0.6 is 0 Å². The zero-order valence-corrected chi connectivity index (χ0v) is 8.94. The number of nitrogens with one attached hydrogen (secondary N) is 3. The summed E-state index contributed by atoms with van der Waals surface area (Å²) in [6, 6.07) is 0.273. The van der Waals surface area contributed by atoms with Crippen molar-refractivity contribution in [1.82, 2.24) is 16.0 Å². The summed E-state index contributed by atoms with van der Waals surface area (Å²) in [4.78, 5) is 11.3. The Morgan fingerprint density at radius 3 is 3.14 bits per heavy atom. The number of hydrogen-bond donors (Lipinski definition) is 3. The van der Waals surface area contributed by atoms with Crippen LogP contribution in [0.2, 0.25) is 0 Å². The standard InChI is InChI=1S/C10H21N3O/c1-2-6-12-10(14)13-9-5-3-4-7-11-8-9/h9,11H,2-8H2,1H3,(H2,12,13,14). The van der Waals surface area contributed by atoms with Crippen LogP contribution in [0.4, 0.5) is 4.79 Å². The van der Waals surface area contributed by atoms with E-state index in [0.29, 0.717) is 6.04 Å². The zero-order valence-electron chi connectivity index (χ0n) is 8.94. The molecule has 0 spiro atoms. The Labute approximate surface area is 85.8 Å². The first-order chi connectivity index (χ1) is 6.83. The topological polar surface area (TPSA) is 53.2 Å². The molecule has 0 bridgehead atoms. The van der Waals surface area contributed by atoms with E-state index < -0.39 is 0 Å². The Kier molecular flexibility index (Phi) is 5.37. The summed E-state index contributed by atoms with van der Waals surface area (Å²) in [5, 5.41) is 9.12. The molecule has 1 heterocycles. The van der Waals surface area contributed by atoms with E-state index in [4.69, 9.17) is 0 Å². The van der Waals surface area contributed by atoms with Crippen molar-refractivity contribution in [3.05, 3.63) is 0 Å². The first-order valence-electron chi connectivity index (χ1n) is 5.58. The van der Waals surface area contributed by atoms with Crippen molar-refractivity contribution in [2.75, 3.05) is 19.6 Å². The molecule has 1 atom stereocenters. The highest BCUT2D eigenvalue weighted by Crippen LogP contribution is 2.03. The molecule has 14 heavy (non-hydrogen) atoms. The summed E-state index contributed by atoms with van der Waals surface area (Å²) >= 11 is 0. The lowest BCUT2D eigenvalue weighted by molar-refractivity contribution is 0.236. The molecule has 1 saturated heterocycles. The third kappa shape index (κ3) is 4.46. The quantitative estimate of drug-likeness (QED) is 0.631. The van der Waals surface area contributed by atoms with E-state index in [1.54, 1.807) is 0 Å². The highest BCUT2D eigenvalue weighted by Gasteiger charge is 2.13. The van der Waals surface area contributed by atoms with E-state index >= 15 is 0 Å². The smallest absolute Gasteiger partial charge is 0.315 e. The normalized spacial score (nSPS) is 22.5. The van der Waals surface area contributed by atoms with Crippen molar-refractivity contribution >= 4 is 6.03 Å². The van der Waals surface area contributed by atoms with Crippen molar-refractivity contribution in [3.63, 3.8) is 0 Å². The SMILES string of the molecule is CCCNC(=O)NC1CCCCNC1. The minimum atomic E-state index is -0.0273. The molecule has 1 fully saturated rings. The van der Waals surface area contributed by atoms with E-state index in [1.807, 2.05) is 6.92 Å². The maximum absolute atomic E-state index is 11.3. The van der Waals surface area contributed by atoms with Crippen molar-refractivity contribution < 1.29 is 4.79 Å². The average Bonchev–Trinajstić information content (AvgIpc) is 2.43. The first kappa shape index (κ1) is 11.3. The van der Waals surface area contributed by atoms with Crippen molar-refractivity contribution in [2.45, 2.75) is 38.6 Å². The van der Waals surface area contributed by atoms with Crippen LogP contribution in [0.25, 0.3) is 0 Å². The number of urea groups is 1. The Hall–Kier alpha value is -0.770. The third-order valence-electron chi connectivity index (χ3n) is 2.42. The fourth-order valence-corrected chi connectivity index (χ4v) is 1.62. The van der Waals surface area contributed by atoms with Crippen LogP contribution in [0, 0.1) is 0 Å². The second-order valence-corrected chi connectivity index (χ2v) is 3.80. The molecule has 0 aromatic carbocycles. The van der Waals surface area contributed by atoms with Gasteiger partial charge in [0.15, 0.2) is 0 Å². The summed E-state index contributed by atoms with van der Waals surface area (Å²) in [6.07, 6.45) is 4.49. The van der Waals surface area contributed by atoms with E-state index in [9.17, 15) is 4.79 Å². The number of carbonyl (C=O) groups excluding carboxylic acids is 1. The van der Waals surface area contributed by atoms with Crippen LogP contribution < -0.4 is 16.0 Å². The average molecular weight is 199 g/mol. The largest absolute Gasteiger partial charge is 0.338 e. The van der Waals surface area contributed by atoms with Gasteiger partial charge < -0.3 is 16.0 Å². The fourth-order valence-electron chi connectivity index (χ4n) is 1.62. The molecule has 1 aliphatic heterocycles. The van der Waals surface area contributed by atoms with Gasteiger partial charge in [0.25, 0.3) is 0 Å². The van der Waals surface area contributed by atoms with Gasteiger partial charge in [-0.1, -0.05) is 13.3 Å². The summed E-state index contributed by atoms with van der Waals surface area (Å²) in [5.74, 6) is 0. The molecule has 1 rings (SSSR count). The van der Waals surface area contributed by atoms with Gasteiger partial charge in [-0.2, -0.15) is 0 Å². The lowest BCUT2D eigenvalue weighted by Gasteiger charge is -2.16. The lowest BCUT2D eigenvalue weighted by atomic mass is 10.1. The fraction of sp³-hybridized carbons (Fsp3) is 0.900. The predicted octanol–water partition coefficient (Wildman–Crippen LogP) is 0.838. The van der Waals surface area contributed by atoms with Gasteiger partial charge >= 0.3 is 6.03 Å². The van der Waals surface area contributed by atoms with Crippen molar-refractivity contribution in [1.29, 1.82) is 0 Å². The third-order valence-corrected chi connectivity index (χ3v) is 2.42. The van der Waals surface area contributed by atoms with Crippen molar-refractivity contribution in [3.8, 4) is 0 Å². The molecule has 2 amide bonds. The lowest BCUT2D eigenvalue weighted by Crippen LogP contribution is -2.45. The monoisotopic (exact) mass is 199 g/mol. The van der Waals surface area contributed by atoms with Gasteiger partial charge in [0, 0.05) is 19.1 Å².